The van der Waals surface area contributed by atoms with Crippen molar-refractivity contribution in [3.63, 3.8) is 0 Å². The number of fused-ring (bicyclic) bond motifs is 5. The van der Waals surface area contributed by atoms with E-state index in [1.54, 1.807) is 0 Å². The molecule has 0 aliphatic heterocycles. The van der Waals surface area contributed by atoms with Crippen LogP contribution in [-0.2, 0) is 0 Å². The normalized spacial score (nSPS) is 57.8. The van der Waals surface area contributed by atoms with E-state index in [4.69, 9.17) is 0 Å². The van der Waals surface area contributed by atoms with Gasteiger partial charge in [-0.05, 0) is 97.2 Å². The van der Waals surface area contributed by atoms with Crippen molar-refractivity contribution in [2.75, 3.05) is 5.33 Å². The number of aliphatic hydroxyl groups is 2. The van der Waals surface area contributed by atoms with E-state index in [-0.39, 0.29) is 28.5 Å². The molecule has 0 amide bonds. The summed E-state index contributed by atoms with van der Waals surface area (Å²) in [5.41, 5.74) is 0.643. The van der Waals surface area contributed by atoms with Crippen LogP contribution >= 0.6 is 15.9 Å². The zero-order valence-electron chi connectivity index (χ0n) is 17.2. The molecule has 0 aromatic rings. The SMILES string of the molecule is C[C@H](CBr)[C@H]1CCC2C3CC[C@]4(C)C[C@H](O)CC[C@]4(C)C3C[C@H](O)[C@@]21C. The Kier molecular flexibility index (Phi) is 4.89. The highest BCUT2D eigenvalue weighted by Crippen LogP contribution is 2.71. The Labute approximate surface area is 168 Å². The first-order valence-electron chi connectivity index (χ1n) is 11.1. The molecule has 4 fully saturated rings. The lowest BCUT2D eigenvalue weighted by Gasteiger charge is -2.66. The number of alkyl halides is 1. The lowest BCUT2D eigenvalue weighted by atomic mass is 9.39. The maximum Gasteiger partial charge on any atom is 0.0602 e. The second-order valence-corrected chi connectivity index (χ2v) is 11.9. The van der Waals surface area contributed by atoms with E-state index in [1.165, 1.54) is 25.7 Å². The molecule has 4 saturated carbocycles. The van der Waals surface area contributed by atoms with Crippen LogP contribution in [0.3, 0.4) is 0 Å². The largest absolute Gasteiger partial charge is 0.393 e. The molecule has 0 aromatic heterocycles. The number of hydrogen-bond acceptors (Lipinski definition) is 2. The summed E-state index contributed by atoms with van der Waals surface area (Å²) in [6.07, 6.45) is 8.97. The van der Waals surface area contributed by atoms with E-state index in [0.29, 0.717) is 23.7 Å². The highest BCUT2D eigenvalue weighted by atomic mass is 79.9. The van der Waals surface area contributed by atoms with Crippen molar-refractivity contribution < 1.29 is 10.2 Å². The zero-order chi connectivity index (χ0) is 18.9. The van der Waals surface area contributed by atoms with Crippen molar-refractivity contribution >= 4 is 15.9 Å². The molecule has 3 unspecified atom stereocenters. The number of rotatable bonds is 2. The van der Waals surface area contributed by atoms with E-state index in [1.807, 2.05) is 0 Å². The highest BCUT2D eigenvalue weighted by molar-refractivity contribution is 9.09. The van der Waals surface area contributed by atoms with Gasteiger partial charge in [0.05, 0.1) is 12.2 Å². The van der Waals surface area contributed by atoms with Crippen molar-refractivity contribution in [2.45, 2.75) is 91.3 Å². The summed E-state index contributed by atoms with van der Waals surface area (Å²) in [7, 11) is 0. The summed E-state index contributed by atoms with van der Waals surface area (Å²) in [4.78, 5) is 0. The van der Waals surface area contributed by atoms with Gasteiger partial charge in [-0.15, -0.1) is 0 Å². The van der Waals surface area contributed by atoms with Gasteiger partial charge in [-0.1, -0.05) is 43.6 Å². The van der Waals surface area contributed by atoms with Gasteiger partial charge in [0.1, 0.15) is 0 Å². The molecule has 4 aliphatic carbocycles. The van der Waals surface area contributed by atoms with E-state index >= 15 is 0 Å². The third-order valence-corrected chi connectivity index (χ3v) is 11.5. The van der Waals surface area contributed by atoms with E-state index in [2.05, 4.69) is 43.6 Å². The van der Waals surface area contributed by atoms with Crippen LogP contribution in [0.25, 0.3) is 0 Å². The quantitative estimate of drug-likeness (QED) is 0.580. The highest BCUT2D eigenvalue weighted by Gasteiger charge is 2.65. The number of halogens is 1. The van der Waals surface area contributed by atoms with Crippen LogP contribution in [0.4, 0.5) is 0 Å². The fourth-order valence-corrected chi connectivity index (χ4v) is 9.10. The summed E-state index contributed by atoms with van der Waals surface area (Å²) in [6.45, 7) is 9.75. The molecule has 150 valence electrons. The fraction of sp³-hybridized carbons (Fsp3) is 1.00. The molecular weight excluding hydrogens is 388 g/mol. The minimum Gasteiger partial charge on any atom is -0.393 e. The Bertz CT molecular complexity index is 552. The molecule has 0 aromatic carbocycles. The average Bonchev–Trinajstić information content (AvgIpc) is 2.95. The Hall–Kier alpha value is 0.400. The summed E-state index contributed by atoms with van der Waals surface area (Å²) < 4.78 is 0. The first-order chi connectivity index (χ1) is 12.2. The van der Waals surface area contributed by atoms with Crippen LogP contribution in [0.2, 0.25) is 0 Å². The van der Waals surface area contributed by atoms with Crippen LogP contribution in [0.5, 0.6) is 0 Å². The molecule has 0 radical (unpaired) electrons. The Balaban J connectivity index is 1.67. The lowest BCUT2D eigenvalue weighted by Crippen LogP contribution is -2.61. The van der Waals surface area contributed by atoms with Gasteiger partial charge in [-0.3, -0.25) is 0 Å². The van der Waals surface area contributed by atoms with Gasteiger partial charge in [0, 0.05) is 5.33 Å². The molecule has 0 saturated heterocycles. The first-order valence-corrected chi connectivity index (χ1v) is 12.2. The summed E-state index contributed by atoms with van der Waals surface area (Å²) in [6, 6.07) is 0. The minimum absolute atomic E-state index is 0.104. The van der Waals surface area contributed by atoms with E-state index in [9.17, 15) is 10.2 Å². The molecule has 0 spiro atoms. The minimum atomic E-state index is -0.159. The second-order valence-electron chi connectivity index (χ2n) is 11.2. The van der Waals surface area contributed by atoms with Crippen molar-refractivity contribution in [3.05, 3.63) is 0 Å². The molecular formula is C23H39BrO2. The fourth-order valence-electron chi connectivity index (χ4n) is 8.64. The predicted molar refractivity (Wildman–Crippen MR) is 110 cm³/mol. The molecule has 4 rings (SSSR count). The smallest absolute Gasteiger partial charge is 0.0602 e. The lowest BCUT2D eigenvalue weighted by molar-refractivity contribution is -0.201. The second kappa shape index (κ2) is 6.46. The summed E-state index contributed by atoms with van der Waals surface area (Å²) in [5, 5.41) is 22.9. The molecule has 4 aliphatic rings. The molecule has 0 heterocycles. The van der Waals surface area contributed by atoms with Crippen molar-refractivity contribution in [1.82, 2.24) is 0 Å². The third-order valence-electron chi connectivity index (χ3n) is 10.5. The molecule has 0 bridgehead atoms. The van der Waals surface area contributed by atoms with E-state index < -0.39 is 0 Å². The topological polar surface area (TPSA) is 40.5 Å². The maximum absolute atomic E-state index is 11.5. The van der Waals surface area contributed by atoms with Gasteiger partial charge >= 0.3 is 0 Å². The van der Waals surface area contributed by atoms with Crippen LogP contribution in [0.15, 0.2) is 0 Å². The van der Waals surface area contributed by atoms with Crippen LogP contribution in [-0.4, -0.2) is 27.8 Å². The molecule has 26 heavy (non-hydrogen) atoms. The predicted octanol–water partition coefficient (Wildman–Crippen LogP) is 5.40. The molecule has 10 atom stereocenters. The van der Waals surface area contributed by atoms with Gasteiger partial charge in [0.25, 0.3) is 0 Å². The first kappa shape index (κ1) is 19.7. The summed E-state index contributed by atoms with van der Waals surface area (Å²) >= 11 is 3.72. The van der Waals surface area contributed by atoms with Gasteiger partial charge in [-0.25, -0.2) is 0 Å². The number of hydrogen-bond donors (Lipinski definition) is 2. The van der Waals surface area contributed by atoms with Gasteiger partial charge in [0.2, 0.25) is 0 Å². The molecule has 2 N–H and O–H groups in total. The van der Waals surface area contributed by atoms with Crippen molar-refractivity contribution in [1.29, 1.82) is 0 Å². The van der Waals surface area contributed by atoms with Gasteiger partial charge < -0.3 is 10.2 Å². The van der Waals surface area contributed by atoms with Crippen LogP contribution in [0.1, 0.15) is 79.1 Å². The molecule has 2 nitrogen and oxygen atoms in total. The number of aliphatic hydroxyl groups excluding tert-OH is 2. The Morgan fingerprint density at radius 2 is 1.73 bits per heavy atom. The maximum atomic E-state index is 11.5. The van der Waals surface area contributed by atoms with Crippen molar-refractivity contribution in [2.24, 2.45) is 45.8 Å². The van der Waals surface area contributed by atoms with E-state index in [0.717, 1.165) is 36.9 Å². The molecule has 3 heteroatoms. The van der Waals surface area contributed by atoms with Crippen molar-refractivity contribution in [3.8, 4) is 0 Å². The monoisotopic (exact) mass is 426 g/mol. The Morgan fingerprint density at radius 1 is 1.00 bits per heavy atom. The van der Waals surface area contributed by atoms with Gasteiger partial charge in [-0.2, -0.15) is 0 Å². The van der Waals surface area contributed by atoms with Gasteiger partial charge in [0.15, 0.2) is 0 Å². The third kappa shape index (κ3) is 2.48. The summed E-state index contributed by atoms with van der Waals surface area (Å²) in [5.74, 6) is 3.41. The Morgan fingerprint density at radius 3 is 2.42 bits per heavy atom. The zero-order valence-corrected chi connectivity index (χ0v) is 18.8. The van der Waals surface area contributed by atoms with Crippen LogP contribution in [0, 0.1) is 45.8 Å². The standard InChI is InChI=1S/C23H39BrO2/c1-14(13-24)17-5-6-18-16-8-9-21(2)12-15(25)7-10-22(21,3)19(16)11-20(26)23(17,18)4/h14-20,25-26H,5-13H2,1-4H3/t14-,15-,16?,17-,18?,19?,20+,21-,22-,23-/m1/s1. The van der Waals surface area contributed by atoms with Crippen LogP contribution < -0.4 is 0 Å². The average molecular weight is 427 g/mol.